The maximum absolute atomic E-state index is 10.7. The number of hydrogen-bond acceptors (Lipinski definition) is 5. The van der Waals surface area contributed by atoms with Crippen molar-refractivity contribution in [1.29, 1.82) is 0 Å². The van der Waals surface area contributed by atoms with Crippen LogP contribution in [0.25, 0.3) is 0 Å². The molecule has 1 heterocycles. The van der Waals surface area contributed by atoms with E-state index in [1.807, 2.05) is 0 Å². The quantitative estimate of drug-likeness (QED) is 0.708. The highest BCUT2D eigenvalue weighted by molar-refractivity contribution is 6.31. The lowest BCUT2D eigenvalue weighted by Gasteiger charge is -2.04. The molecule has 0 aliphatic carbocycles. The fourth-order valence-corrected chi connectivity index (χ4v) is 0.916. The molecule has 0 aliphatic rings. The van der Waals surface area contributed by atoms with Crippen molar-refractivity contribution in [3.05, 3.63) is 17.2 Å². The summed E-state index contributed by atoms with van der Waals surface area (Å²) in [5.74, 6) is 0.256. The Morgan fingerprint density at radius 1 is 1.43 bits per heavy atom. The Hall–Kier alpha value is -1.49. The van der Waals surface area contributed by atoms with Gasteiger partial charge in [-0.05, 0) is 6.07 Å². The topological polar surface area (TPSA) is 57.7 Å². The van der Waals surface area contributed by atoms with Crippen molar-refractivity contribution >= 4 is 17.8 Å². The molecule has 0 unspecified atom stereocenters. The minimum Gasteiger partial charge on any atom is -0.480 e. The van der Waals surface area contributed by atoms with E-state index in [0.29, 0.717) is 5.02 Å². The Labute approximate surface area is 85.6 Å². The predicted molar refractivity (Wildman–Crippen MR) is 48.8 cm³/mol. The van der Waals surface area contributed by atoms with Gasteiger partial charge in [0.15, 0.2) is 0 Å². The van der Waals surface area contributed by atoms with E-state index in [0.717, 1.165) is 0 Å². The summed E-state index contributed by atoms with van der Waals surface area (Å²) in [4.78, 5) is 14.5. The van der Waals surface area contributed by atoms with Crippen LogP contribution in [0.5, 0.6) is 11.8 Å². The summed E-state index contributed by atoms with van der Waals surface area (Å²) >= 11 is 5.71. The van der Waals surface area contributed by atoms with Gasteiger partial charge in [0, 0.05) is 6.07 Å². The standard InChI is InChI=1S/C8H8ClNO4/c1-12-7-5(9)3-4-6(10-7)14-8(11)13-2/h3-4H,1-2H3. The van der Waals surface area contributed by atoms with Gasteiger partial charge >= 0.3 is 6.16 Å². The summed E-state index contributed by atoms with van der Waals surface area (Å²) in [6.45, 7) is 0. The van der Waals surface area contributed by atoms with Gasteiger partial charge in [-0.25, -0.2) is 4.79 Å². The lowest BCUT2D eigenvalue weighted by molar-refractivity contribution is 0.119. The molecule has 0 spiro atoms. The smallest absolute Gasteiger partial charge is 0.480 e. The third-order valence-corrected chi connectivity index (χ3v) is 1.62. The zero-order valence-electron chi connectivity index (χ0n) is 7.61. The van der Waals surface area contributed by atoms with E-state index in [2.05, 4.69) is 14.5 Å². The second-order valence-corrected chi connectivity index (χ2v) is 2.60. The molecule has 0 fully saturated rings. The Morgan fingerprint density at radius 3 is 2.71 bits per heavy atom. The van der Waals surface area contributed by atoms with Crippen molar-refractivity contribution in [2.45, 2.75) is 0 Å². The van der Waals surface area contributed by atoms with Crippen molar-refractivity contribution in [3.8, 4) is 11.8 Å². The zero-order valence-corrected chi connectivity index (χ0v) is 8.37. The average molecular weight is 218 g/mol. The molecule has 0 bridgehead atoms. The van der Waals surface area contributed by atoms with Crippen LogP contribution in [0.4, 0.5) is 4.79 Å². The van der Waals surface area contributed by atoms with E-state index in [4.69, 9.17) is 16.3 Å². The van der Waals surface area contributed by atoms with Crippen LogP contribution in [0.3, 0.4) is 0 Å². The van der Waals surface area contributed by atoms with Gasteiger partial charge in [0.05, 0.1) is 14.2 Å². The molecule has 0 N–H and O–H groups in total. The van der Waals surface area contributed by atoms with Crippen LogP contribution >= 0.6 is 11.6 Å². The minimum atomic E-state index is -0.845. The number of rotatable bonds is 2. The van der Waals surface area contributed by atoms with E-state index in [-0.39, 0.29) is 11.8 Å². The summed E-state index contributed by atoms with van der Waals surface area (Å²) in [6.07, 6.45) is -0.845. The first-order valence-corrected chi connectivity index (χ1v) is 4.01. The van der Waals surface area contributed by atoms with Gasteiger partial charge in [-0.1, -0.05) is 11.6 Å². The molecule has 0 aromatic carbocycles. The Bertz CT molecular complexity index is 342. The number of methoxy groups -OCH3 is 2. The van der Waals surface area contributed by atoms with Gasteiger partial charge in [-0.3, -0.25) is 0 Å². The van der Waals surface area contributed by atoms with Crippen LogP contribution < -0.4 is 9.47 Å². The molecule has 0 saturated carbocycles. The molecular weight excluding hydrogens is 210 g/mol. The van der Waals surface area contributed by atoms with Crippen molar-refractivity contribution < 1.29 is 19.0 Å². The molecule has 1 aromatic heterocycles. The average Bonchev–Trinajstić information content (AvgIpc) is 2.20. The number of nitrogens with zero attached hydrogens (tertiary/aromatic N) is 1. The number of ether oxygens (including phenoxy) is 3. The van der Waals surface area contributed by atoms with Gasteiger partial charge < -0.3 is 14.2 Å². The summed E-state index contributed by atoms with van der Waals surface area (Å²) in [6, 6.07) is 2.94. The van der Waals surface area contributed by atoms with Crippen molar-refractivity contribution in [2.24, 2.45) is 0 Å². The number of carbonyl (C=O) groups excluding carboxylic acids is 1. The van der Waals surface area contributed by atoms with E-state index in [1.54, 1.807) is 0 Å². The summed E-state index contributed by atoms with van der Waals surface area (Å²) in [5, 5.41) is 0.338. The van der Waals surface area contributed by atoms with Gasteiger partial charge in [0.25, 0.3) is 0 Å². The largest absolute Gasteiger partial charge is 0.514 e. The van der Waals surface area contributed by atoms with Gasteiger partial charge in [0.1, 0.15) is 5.02 Å². The molecule has 14 heavy (non-hydrogen) atoms. The lowest BCUT2D eigenvalue weighted by atomic mass is 10.5. The molecule has 6 heteroatoms. The first-order chi connectivity index (χ1) is 6.67. The first-order valence-electron chi connectivity index (χ1n) is 3.63. The van der Waals surface area contributed by atoms with E-state index >= 15 is 0 Å². The molecule has 0 amide bonds. The highest BCUT2D eigenvalue weighted by Gasteiger charge is 2.08. The van der Waals surface area contributed by atoms with Gasteiger partial charge in [0.2, 0.25) is 11.8 Å². The number of halogens is 1. The number of pyridine rings is 1. The Kier molecular flexibility index (Phi) is 3.53. The minimum absolute atomic E-state index is 0.0677. The van der Waals surface area contributed by atoms with Crippen LogP contribution in [0.1, 0.15) is 0 Å². The molecule has 0 aliphatic heterocycles. The van der Waals surface area contributed by atoms with E-state index < -0.39 is 6.16 Å². The molecule has 0 atom stereocenters. The third kappa shape index (κ3) is 2.50. The molecule has 0 radical (unpaired) electrons. The highest BCUT2D eigenvalue weighted by atomic mass is 35.5. The number of carbonyl (C=O) groups is 1. The summed E-state index contributed by atoms with van der Waals surface area (Å²) in [7, 11) is 2.62. The molecule has 76 valence electrons. The van der Waals surface area contributed by atoms with Gasteiger partial charge in [-0.15, -0.1) is 0 Å². The van der Waals surface area contributed by atoms with Crippen LogP contribution in [0, 0.1) is 0 Å². The van der Waals surface area contributed by atoms with Crippen molar-refractivity contribution in [3.63, 3.8) is 0 Å². The summed E-state index contributed by atoms with van der Waals surface area (Å²) < 4.78 is 13.8. The zero-order chi connectivity index (χ0) is 10.6. The maximum atomic E-state index is 10.7. The molecular formula is C8H8ClNO4. The van der Waals surface area contributed by atoms with Gasteiger partial charge in [-0.2, -0.15) is 4.98 Å². The fourth-order valence-electron chi connectivity index (χ4n) is 0.734. The highest BCUT2D eigenvalue weighted by Crippen LogP contribution is 2.24. The van der Waals surface area contributed by atoms with Crippen LogP contribution in [0.2, 0.25) is 5.02 Å². The van der Waals surface area contributed by atoms with Crippen molar-refractivity contribution in [1.82, 2.24) is 4.98 Å². The normalized spacial score (nSPS) is 9.36. The molecule has 1 aromatic rings. The van der Waals surface area contributed by atoms with E-state index in [1.165, 1.54) is 26.4 Å². The Morgan fingerprint density at radius 2 is 2.14 bits per heavy atom. The number of hydrogen-bond donors (Lipinski definition) is 0. The number of aromatic nitrogens is 1. The molecule has 1 rings (SSSR count). The Balaban J connectivity index is 2.84. The molecule has 5 nitrogen and oxygen atoms in total. The first kappa shape index (κ1) is 10.6. The maximum Gasteiger partial charge on any atom is 0.514 e. The SMILES string of the molecule is COC(=O)Oc1ccc(Cl)c(OC)n1. The second kappa shape index (κ2) is 4.66. The lowest BCUT2D eigenvalue weighted by Crippen LogP contribution is -2.08. The van der Waals surface area contributed by atoms with E-state index in [9.17, 15) is 4.79 Å². The fraction of sp³-hybridized carbons (Fsp3) is 0.250. The van der Waals surface area contributed by atoms with Crippen LogP contribution in [-0.2, 0) is 4.74 Å². The third-order valence-electron chi connectivity index (χ3n) is 1.34. The van der Waals surface area contributed by atoms with Crippen molar-refractivity contribution in [2.75, 3.05) is 14.2 Å². The second-order valence-electron chi connectivity index (χ2n) is 2.20. The summed E-state index contributed by atoms with van der Waals surface area (Å²) in [5.41, 5.74) is 0. The monoisotopic (exact) mass is 217 g/mol. The van der Waals surface area contributed by atoms with Crippen LogP contribution in [0.15, 0.2) is 12.1 Å². The predicted octanol–water partition coefficient (Wildman–Crippen LogP) is 1.89. The van der Waals surface area contributed by atoms with Crippen LogP contribution in [-0.4, -0.2) is 25.4 Å². The molecule has 0 saturated heterocycles.